The lowest BCUT2D eigenvalue weighted by atomic mass is 9.87. The smallest absolute Gasteiger partial charge is 0.0433 e. The van der Waals surface area contributed by atoms with E-state index in [0.29, 0.717) is 0 Å². The Morgan fingerprint density at radius 3 is 2.11 bits per heavy atom. The van der Waals surface area contributed by atoms with Crippen molar-refractivity contribution in [2.45, 2.75) is 18.9 Å². The molecule has 0 aliphatic carbocycles. The van der Waals surface area contributed by atoms with Crippen molar-refractivity contribution in [1.29, 1.82) is 0 Å². The van der Waals surface area contributed by atoms with E-state index in [1.807, 2.05) is 36.4 Å². The number of nitrogens with two attached hydrogens (primary N) is 1. The Kier molecular flexibility index (Phi) is 4.25. The maximum Gasteiger partial charge on any atom is 0.0433 e. The van der Waals surface area contributed by atoms with Crippen LogP contribution in [0.15, 0.2) is 57.5 Å². The van der Waals surface area contributed by atoms with Gasteiger partial charge in [-0.3, -0.25) is 0 Å². The first-order valence-electron chi connectivity index (χ1n) is 5.78. The molecule has 0 fully saturated rings. The van der Waals surface area contributed by atoms with Crippen molar-refractivity contribution in [3.05, 3.63) is 68.6 Å². The van der Waals surface area contributed by atoms with Crippen LogP contribution in [0.1, 0.15) is 18.1 Å². The molecule has 94 valence electrons. The second-order valence-corrected chi connectivity index (χ2v) is 6.37. The lowest BCUT2D eigenvalue weighted by Gasteiger charge is -2.27. The van der Waals surface area contributed by atoms with Crippen molar-refractivity contribution < 1.29 is 0 Å². The SMILES string of the molecule is CC(N)(Cc1ccccc1Br)c1ccccc1Br. The third-order valence-electron chi connectivity index (χ3n) is 3.00. The first-order valence-corrected chi connectivity index (χ1v) is 7.36. The summed E-state index contributed by atoms with van der Waals surface area (Å²) in [6, 6.07) is 16.3. The van der Waals surface area contributed by atoms with E-state index in [2.05, 4.69) is 50.9 Å². The molecule has 0 radical (unpaired) electrons. The van der Waals surface area contributed by atoms with Gasteiger partial charge in [0, 0.05) is 14.5 Å². The third-order valence-corrected chi connectivity index (χ3v) is 4.47. The Morgan fingerprint density at radius 1 is 0.944 bits per heavy atom. The van der Waals surface area contributed by atoms with Gasteiger partial charge in [0.2, 0.25) is 0 Å². The summed E-state index contributed by atoms with van der Waals surface area (Å²) >= 11 is 7.14. The van der Waals surface area contributed by atoms with Crippen molar-refractivity contribution in [2.75, 3.05) is 0 Å². The van der Waals surface area contributed by atoms with Crippen molar-refractivity contribution in [1.82, 2.24) is 0 Å². The van der Waals surface area contributed by atoms with Crippen LogP contribution < -0.4 is 5.73 Å². The molecule has 0 aromatic heterocycles. The molecular weight excluding hydrogens is 354 g/mol. The first kappa shape index (κ1) is 13.8. The highest BCUT2D eigenvalue weighted by atomic mass is 79.9. The normalized spacial score (nSPS) is 14.2. The van der Waals surface area contributed by atoms with Crippen LogP contribution in [0.25, 0.3) is 0 Å². The molecule has 0 aliphatic rings. The van der Waals surface area contributed by atoms with Crippen LogP contribution in [0, 0.1) is 0 Å². The molecule has 2 aromatic carbocycles. The number of rotatable bonds is 3. The zero-order chi connectivity index (χ0) is 13.2. The van der Waals surface area contributed by atoms with Crippen LogP contribution in [-0.4, -0.2) is 0 Å². The number of hydrogen-bond donors (Lipinski definition) is 1. The van der Waals surface area contributed by atoms with Crippen LogP contribution in [0.3, 0.4) is 0 Å². The van der Waals surface area contributed by atoms with Gasteiger partial charge in [-0.25, -0.2) is 0 Å². The molecule has 0 heterocycles. The minimum Gasteiger partial charge on any atom is -0.321 e. The van der Waals surface area contributed by atoms with Gasteiger partial charge in [-0.2, -0.15) is 0 Å². The number of benzene rings is 2. The van der Waals surface area contributed by atoms with Gasteiger partial charge in [0.15, 0.2) is 0 Å². The van der Waals surface area contributed by atoms with Crippen molar-refractivity contribution in [2.24, 2.45) is 5.73 Å². The minimum atomic E-state index is -0.399. The second-order valence-electron chi connectivity index (χ2n) is 4.67. The molecule has 0 spiro atoms. The number of halogens is 2. The van der Waals surface area contributed by atoms with E-state index >= 15 is 0 Å². The summed E-state index contributed by atoms with van der Waals surface area (Å²) in [5.41, 5.74) is 8.44. The molecule has 0 aliphatic heterocycles. The Labute approximate surface area is 125 Å². The molecule has 2 N–H and O–H groups in total. The fourth-order valence-corrected chi connectivity index (χ4v) is 3.22. The molecule has 3 heteroatoms. The average molecular weight is 369 g/mol. The van der Waals surface area contributed by atoms with Crippen LogP contribution >= 0.6 is 31.9 Å². The summed E-state index contributed by atoms with van der Waals surface area (Å²) in [7, 11) is 0. The quantitative estimate of drug-likeness (QED) is 0.839. The van der Waals surface area contributed by atoms with Crippen LogP contribution in [-0.2, 0) is 12.0 Å². The van der Waals surface area contributed by atoms with Gasteiger partial charge >= 0.3 is 0 Å². The molecule has 1 atom stereocenters. The lowest BCUT2D eigenvalue weighted by molar-refractivity contribution is 0.488. The maximum absolute atomic E-state index is 6.49. The van der Waals surface area contributed by atoms with Gasteiger partial charge in [0.1, 0.15) is 0 Å². The average Bonchev–Trinajstić information content (AvgIpc) is 2.32. The Hall–Kier alpha value is -0.640. The molecule has 0 bridgehead atoms. The van der Waals surface area contributed by atoms with E-state index in [1.165, 1.54) is 5.56 Å². The highest BCUT2D eigenvalue weighted by molar-refractivity contribution is 9.10. The van der Waals surface area contributed by atoms with Gasteiger partial charge in [-0.05, 0) is 36.6 Å². The highest BCUT2D eigenvalue weighted by Crippen LogP contribution is 2.31. The van der Waals surface area contributed by atoms with E-state index in [0.717, 1.165) is 20.9 Å². The third kappa shape index (κ3) is 3.02. The molecule has 18 heavy (non-hydrogen) atoms. The fraction of sp³-hybridized carbons (Fsp3) is 0.200. The Morgan fingerprint density at radius 2 is 1.50 bits per heavy atom. The summed E-state index contributed by atoms with van der Waals surface area (Å²) in [5, 5.41) is 0. The topological polar surface area (TPSA) is 26.0 Å². The molecule has 1 nitrogen and oxygen atoms in total. The predicted octanol–water partition coefficient (Wildman–Crippen LogP) is 4.63. The van der Waals surface area contributed by atoms with E-state index in [4.69, 9.17) is 5.73 Å². The Bertz CT molecular complexity index is 550. The number of hydrogen-bond acceptors (Lipinski definition) is 1. The van der Waals surface area contributed by atoms with Gasteiger partial charge in [0.25, 0.3) is 0 Å². The largest absolute Gasteiger partial charge is 0.321 e. The molecular formula is C15H15Br2N. The first-order chi connectivity index (χ1) is 8.50. The van der Waals surface area contributed by atoms with Crippen LogP contribution in [0.4, 0.5) is 0 Å². The summed E-state index contributed by atoms with van der Waals surface area (Å²) < 4.78 is 2.16. The van der Waals surface area contributed by atoms with Gasteiger partial charge in [-0.15, -0.1) is 0 Å². The predicted molar refractivity (Wildman–Crippen MR) is 83.5 cm³/mol. The Balaban J connectivity index is 2.33. The van der Waals surface area contributed by atoms with Gasteiger partial charge in [-0.1, -0.05) is 68.3 Å². The maximum atomic E-state index is 6.49. The summed E-state index contributed by atoms with van der Waals surface area (Å²) in [4.78, 5) is 0. The monoisotopic (exact) mass is 367 g/mol. The lowest BCUT2D eigenvalue weighted by Crippen LogP contribution is -2.36. The second kappa shape index (κ2) is 5.55. The summed E-state index contributed by atoms with van der Waals surface area (Å²) in [6.45, 7) is 2.06. The zero-order valence-corrected chi connectivity index (χ0v) is 13.3. The van der Waals surface area contributed by atoms with E-state index in [9.17, 15) is 0 Å². The van der Waals surface area contributed by atoms with Crippen molar-refractivity contribution >= 4 is 31.9 Å². The summed E-state index contributed by atoms with van der Waals surface area (Å²) in [5.74, 6) is 0. The summed E-state index contributed by atoms with van der Waals surface area (Å²) in [6.07, 6.45) is 0.789. The molecule has 0 amide bonds. The van der Waals surface area contributed by atoms with Crippen molar-refractivity contribution in [3.63, 3.8) is 0 Å². The molecule has 2 rings (SSSR count). The van der Waals surface area contributed by atoms with E-state index in [-0.39, 0.29) is 0 Å². The zero-order valence-electron chi connectivity index (χ0n) is 10.2. The minimum absolute atomic E-state index is 0.399. The van der Waals surface area contributed by atoms with E-state index in [1.54, 1.807) is 0 Å². The van der Waals surface area contributed by atoms with Crippen molar-refractivity contribution in [3.8, 4) is 0 Å². The van der Waals surface area contributed by atoms with E-state index < -0.39 is 5.54 Å². The molecule has 1 unspecified atom stereocenters. The standard InChI is InChI=1S/C15H15Br2N/c1-15(18,12-7-3-5-9-14(12)17)10-11-6-2-4-8-13(11)16/h2-9H,10,18H2,1H3. The van der Waals surface area contributed by atoms with Gasteiger partial charge < -0.3 is 5.73 Å². The van der Waals surface area contributed by atoms with Crippen LogP contribution in [0.5, 0.6) is 0 Å². The van der Waals surface area contributed by atoms with Crippen LogP contribution in [0.2, 0.25) is 0 Å². The highest BCUT2D eigenvalue weighted by Gasteiger charge is 2.24. The molecule has 0 saturated carbocycles. The fourth-order valence-electron chi connectivity index (χ4n) is 2.06. The molecule has 2 aromatic rings. The molecule has 0 saturated heterocycles. The van der Waals surface area contributed by atoms with Gasteiger partial charge in [0.05, 0.1) is 0 Å².